The number of hydrogen-bond donors (Lipinski definition) is 1. The third kappa shape index (κ3) is 3.13. The molecule has 2 aromatic rings. The standard InChI is InChI=1S/C18H23N5O/c1-13-6-7-17(14(2)11-13)23-20-16(12-19)18(21-23)22-9-4-3-5-15(22)8-10-24/h6-7,11,15,24H,3-5,8-10H2,1-2H3. The Morgan fingerprint density at radius 2 is 2.12 bits per heavy atom. The summed E-state index contributed by atoms with van der Waals surface area (Å²) in [6, 6.07) is 8.49. The van der Waals surface area contributed by atoms with Crippen molar-refractivity contribution in [3.63, 3.8) is 0 Å². The Bertz CT molecular complexity index is 759. The zero-order valence-electron chi connectivity index (χ0n) is 14.2. The number of hydrogen-bond acceptors (Lipinski definition) is 5. The molecule has 0 aliphatic carbocycles. The highest BCUT2D eigenvalue weighted by molar-refractivity contribution is 5.52. The lowest BCUT2D eigenvalue weighted by Gasteiger charge is -2.35. The van der Waals surface area contributed by atoms with Crippen LogP contribution in [0.1, 0.15) is 42.5 Å². The maximum atomic E-state index is 9.50. The molecule has 1 aromatic carbocycles. The van der Waals surface area contributed by atoms with Crippen LogP contribution >= 0.6 is 0 Å². The normalized spacial score (nSPS) is 17.8. The molecule has 0 bridgehead atoms. The van der Waals surface area contributed by atoms with E-state index >= 15 is 0 Å². The van der Waals surface area contributed by atoms with E-state index < -0.39 is 0 Å². The Balaban J connectivity index is 2.00. The van der Waals surface area contributed by atoms with Crippen molar-refractivity contribution >= 4 is 5.82 Å². The molecule has 0 radical (unpaired) electrons. The van der Waals surface area contributed by atoms with Crippen molar-refractivity contribution in [3.8, 4) is 11.8 Å². The maximum absolute atomic E-state index is 9.50. The second-order valence-corrected chi connectivity index (χ2v) is 6.42. The van der Waals surface area contributed by atoms with Crippen molar-refractivity contribution < 1.29 is 5.11 Å². The summed E-state index contributed by atoms with van der Waals surface area (Å²) in [5, 5.41) is 27.8. The van der Waals surface area contributed by atoms with E-state index in [1.807, 2.05) is 26.0 Å². The molecule has 1 atom stereocenters. The molecule has 0 amide bonds. The molecule has 1 aromatic heterocycles. The molecule has 0 spiro atoms. The fraction of sp³-hybridized carbons (Fsp3) is 0.500. The Hall–Kier alpha value is -2.39. The fourth-order valence-electron chi connectivity index (χ4n) is 3.43. The number of rotatable bonds is 4. The summed E-state index contributed by atoms with van der Waals surface area (Å²) < 4.78 is 0. The number of aliphatic hydroxyl groups is 1. The number of anilines is 1. The molecular formula is C18H23N5O. The van der Waals surface area contributed by atoms with E-state index in [-0.39, 0.29) is 12.6 Å². The van der Waals surface area contributed by atoms with Crippen LogP contribution in [0.4, 0.5) is 5.82 Å². The van der Waals surface area contributed by atoms with Gasteiger partial charge in [-0.05, 0) is 51.2 Å². The first-order valence-electron chi connectivity index (χ1n) is 8.46. The number of aryl methyl sites for hydroxylation is 2. The first kappa shape index (κ1) is 16.5. The van der Waals surface area contributed by atoms with Crippen molar-refractivity contribution in [2.45, 2.75) is 45.6 Å². The molecule has 2 heterocycles. The molecule has 1 saturated heterocycles. The lowest BCUT2D eigenvalue weighted by molar-refractivity contribution is 0.262. The van der Waals surface area contributed by atoms with Gasteiger partial charge in [-0.15, -0.1) is 15.0 Å². The van der Waals surface area contributed by atoms with Crippen LogP contribution in [0.15, 0.2) is 18.2 Å². The van der Waals surface area contributed by atoms with Gasteiger partial charge in [-0.2, -0.15) is 5.26 Å². The largest absolute Gasteiger partial charge is 0.396 e. The third-order valence-electron chi connectivity index (χ3n) is 4.63. The number of nitriles is 1. The summed E-state index contributed by atoms with van der Waals surface area (Å²) in [4.78, 5) is 3.71. The van der Waals surface area contributed by atoms with E-state index in [0.29, 0.717) is 17.9 Å². The minimum absolute atomic E-state index is 0.147. The molecule has 6 nitrogen and oxygen atoms in total. The van der Waals surface area contributed by atoms with Gasteiger partial charge in [0.1, 0.15) is 6.07 Å². The van der Waals surface area contributed by atoms with Gasteiger partial charge in [0.05, 0.1) is 5.69 Å². The van der Waals surface area contributed by atoms with Gasteiger partial charge in [-0.25, -0.2) is 0 Å². The number of benzene rings is 1. The SMILES string of the molecule is Cc1ccc(-n2nc(C#N)c(N3CCCCC3CCO)n2)c(C)c1. The van der Waals surface area contributed by atoms with Crippen molar-refractivity contribution in [2.75, 3.05) is 18.1 Å². The average Bonchev–Trinajstić information content (AvgIpc) is 2.99. The van der Waals surface area contributed by atoms with Crippen molar-refractivity contribution in [1.82, 2.24) is 15.0 Å². The first-order chi connectivity index (χ1) is 11.6. The Morgan fingerprint density at radius 3 is 2.83 bits per heavy atom. The van der Waals surface area contributed by atoms with Crippen LogP contribution in [0.2, 0.25) is 0 Å². The van der Waals surface area contributed by atoms with Crippen molar-refractivity contribution in [1.29, 1.82) is 5.26 Å². The second-order valence-electron chi connectivity index (χ2n) is 6.42. The molecule has 3 rings (SSSR count). The van der Waals surface area contributed by atoms with Gasteiger partial charge >= 0.3 is 0 Å². The van der Waals surface area contributed by atoms with Gasteiger partial charge in [-0.3, -0.25) is 0 Å². The minimum Gasteiger partial charge on any atom is -0.396 e. The van der Waals surface area contributed by atoms with E-state index in [1.54, 1.807) is 4.80 Å². The van der Waals surface area contributed by atoms with Gasteiger partial charge in [0.15, 0.2) is 5.82 Å². The van der Waals surface area contributed by atoms with E-state index in [2.05, 4.69) is 27.2 Å². The summed E-state index contributed by atoms with van der Waals surface area (Å²) in [5.41, 5.74) is 3.49. The Labute approximate surface area is 142 Å². The predicted molar refractivity (Wildman–Crippen MR) is 92.2 cm³/mol. The van der Waals surface area contributed by atoms with Crippen LogP contribution in [0.5, 0.6) is 0 Å². The predicted octanol–water partition coefficient (Wildman–Crippen LogP) is 2.50. The Morgan fingerprint density at radius 1 is 1.29 bits per heavy atom. The van der Waals surface area contributed by atoms with Crippen molar-refractivity contribution in [2.24, 2.45) is 0 Å². The first-order valence-corrected chi connectivity index (χ1v) is 8.46. The molecule has 126 valence electrons. The van der Waals surface area contributed by atoms with E-state index in [4.69, 9.17) is 0 Å². The Kier molecular flexibility index (Phi) is 4.81. The lowest BCUT2D eigenvalue weighted by Crippen LogP contribution is -2.40. The molecule has 1 fully saturated rings. The highest BCUT2D eigenvalue weighted by Crippen LogP contribution is 2.28. The average molecular weight is 325 g/mol. The van der Waals surface area contributed by atoms with Crippen LogP contribution in [-0.2, 0) is 0 Å². The molecule has 1 aliphatic heterocycles. The number of piperidine rings is 1. The zero-order valence-corrected chi connectivity index (χ0v) is 14.2. The van der Waals surface area contributed by atoms with Crippen LogP contribution in [0.3, 0.4) is 0 Å². The minimum atomic E-state index is 0.147. The van der Waals surface area contributed by atoms with Crippen LogP contribution < -0.4 is 4.90 Å². The van der Waals surface area contributed by atoms with Gasteiger partial charge in [-0.1, -0.05) is 17.7 Å². The smallest absolute Gasteiger partial charge is 0.207 e. The highest BCUT2D eigenvalue weighted by Gasteiger charge is 2.27. The highest BCUT2D eigenvalue weighted by atomic mass is 16.3. The summed E-state index contributed by atoms with van der Waals surface area (Å²) in [5.74, 6) is 0.635. The molecule has 24 heavy (non-hydrogen) atoms. The number of aliphatic hydroxyl groups excluding tert-OH is 1. The summed E-state index contributed by atoms with van der Waals surface area (Å²) in [6.45, 7) is 5.07. The van der Waals surface area contributed by atoms with Gasteiger partial charge in [0.2, 0.25) is 5.69 Å². The van der Waals surface area contributed by atoms with Gasteiger partial charge in [0, 0.05) is 19.2 Å². The van der Waals surface area contributed by atoms with E-state index in [0.717, 1.165) is 37.1 Å². The summed E-state index contributed by atoms with van der Waals surface area (Å²) in [7, 11) is 0. The van der Waals surface area contributed by atoms with E-state index in [1.165, 1.54) is 5.56 Å². The zero-order chi connectivity index (χ0) is 17.1. The van der Waals surface area contributed by atoms with Gasteiger partial charge < -0.3 is 10.0 Å². The monoisotopic (exact) mass is 325 g/mol. The molecular weight excluding hydrogens is 302 g/mol. The fourth-order valence-corrected chi connectivity index (χ4v) is 3.43. The number of aromatic nitrogens is 3. The quantitative estimate of drug-likeness (QED) is 0.934. The van der Waals surface area contributed by atoms with Crippen LogP contribution in [0, 0.1) is 25.2 Å². The maximum Gasteiger partial charge on any atom is 0.207 e. The number of nitrogens with zero attached hydrogens (tertiary/aromatic N) is 5. The van der Waals surface area contributed by atoms with Crippen LogP contribution in [-0.4, -0.2) is 39.3 Å². The lowest BCUT2D eigenvalue weighted by atomic mass is 9.99. The van der Waals surface area contributed by atoms with Crippen molar-refractivity contribution in [3.05, 3.63) is 35.0 Å². The molecule has 6 heteroatoms. The van der Waals surface area contributed by atoms with Gasteiger partial charge in [0.25, 0.3) is 0 Å². The van der Waals surface area contributed by atoms with Crippen LogP contribution in [0.25, 0.3) is 5.69 Å². The molecule has 1 N–H and O–H groups in total. The molecule has 1 unspecified atom stereocenters. The summed E-state index contributed by atoms with van der Waals surface area (Å²) in [6.07, 6.45) is 3.93. The molecule has 1 aliphatic rings. The third-order valence-corrected chi connectivity index (χ3v) is 4.63. The second kappa shape index (κ2) is 7.02. The van der Waals surface area contributed by atoms with E-state index in [9.17, 15) is 10.4 Å². The summed E-state index contributed by atoms with van der Waals surface area (Å²) >= 11 is 0. The molecule has 0 saturated carbocycles. The topological polar surface area (TPSA) is 78.0 Å².